The van der Waals surface area contributed by atoms with E-state index < -0.39 is 24.6 Å². The van der Waals surface area contributed by atoms with Crippen molar-refractivity contribution in [1.82, 2.24) is 0 Å². The summed E-state index contributed by atoms with van der Waals surface area (Å²) in [6.45, 7) is 3.62. The fourth-order valence-electron chi connectivity index (χ4n) is 1.91. The third-order valence-corrected chi connectivity index (χ3v) is 2.76. The van der Waals surface area contributed by atoms with Gasteiger partial charge in [-0.05, 0) is 0 Å². The first-order valence-corrected chi connectivity index (χ1v) is 6.35. The Balaban J connectivity index is 2.85. The van der Waals surface area contributed by atoms with Crippen LogP contribution in [0.3, 0.4) is 0 Å². The Hall–Kier alpha value is -0.580. The number of ether oxygens (including phenoxy) is 7. The monoisotopic (exact) mass is 307 g/mol. The lowest BCUT2D eigenvalue weighted by Gasteiger charge is -2.42. The number of rotatable bonds is 10. The van der Waals surface area contributed by atoms with E-state index in [0.29, 0.717) is 6.10 Å². The molecule has 1 heterocycles. The van der Waals surface area contributed by atoms with Crippen molar-refractivity contribution in [3.05, 3.63) is 18.8 Å². The van der Waals surface area contributed by atoms with Crippen LogP contribution in [0.4, 0.5) is 0 Å². The number of hydrogen-bond donors (Lipinski definition) is 1. The second-order valence-electron chi connectivity index (χ2n) is 4.18. The molecule has 0 aromatic rings. The third kappa shape index (κ3) is 5.28. The predicted octanol–water partition coefficient (Wildman–Crippen LogP) is 0.0203. The molecule has 8 nitrogen and oxygen atoms in total. The van der Waals surface area contributed by atoms with Gasteiger partial charge in [-0.2, -0.15) is 0 Å². The SMILES string of the molecule is C=C[C]1OC(O)[C@@H](OCOC)[C@H](OCOC)[C@@H]1OCOC. The second-order valence-corrected chi connectivity index (χ2v) is 4.18. The Morgan fingerprint density at radius 3 is 2.05 bits per heavy atom. The molecule has 0 saturated carbocycles. The van der Waals surface area contributed by atoms with Gasteiger partial charge < -0.3 is 38.3 Å². The minimum absolute atomic E-state index is 0.00148. The molecule has 8 heteroatoms. The van der Waals surface area contributed by atoms with E-state index in [0.717, 1.165) is 0 Å². The van der Waals surface area contributed by atoms with Crippen LogP contribution in [0.15, 0.2) is 12.7 Å². The number of aliphatic hydroxyl groups excluding tert-OH is 1. The first kappa shape index (κ1) is 18.5. The lowest BCUT2D eigenvalue weighted by Crippen LogP contribution is -2.57. The van der Waals surface area contributed by atoms with E-state index in [1.807, 2.05) is 0 Å². The van der Waals surface area contributed by atoms with Crippen LogP contribution in [0.1, 0.15) is 0 Å². The maximum atomic E-state index is 10.0. The summed E-state index contributed by atoms with van der Waals surface area (Å²) in [5, 5.41) is 10.0. The zero-order valence-corrected chi connectivity index (χ0v) is 12.5. The molecule has 0 amide bonds. The second kappa shape index (κ2) is 10.2. The summed E-state index contributed by atoms with van der Waals surface area (Å²) in [4.78, 5) is 0. The molecule has 0 spiro atoms. The van der Waals surface area contributed by atoms with Crippen LogP contribution in [0, 0.1) is 6.10 Å². The molecule has 1 saturated heterocycles. The van der Waals surface area contributed by atoms with Gasteiger partial charge in [-0.25, -0.2) is 0 Å². The van der Waals surface area contributed by atoms with Gasteiger partial charge in [0.2, 0.25) is 0 Å². The van der Waals surface area contributed by atoms with Gasteiger partial charge in [0.1, 0.15) is 38.7 Å². The summed E-state index contributed by atoms with van der Waals surface area (Å²) in [5.41, 5.74) is 0. The summed E-state index contributed by atoms with van der Waals surface area (Å²) in [7, 11) is 4.46. The topological polar surface area (TPSA) is 84.8 Å². The van der Waals surface area contributed by atoms with E-state index in [1.165, 1.54) is 27.4 Å². The normalized spacial score (nSPS) is 30.5. The Bertz CT molecular complexity index is 287. The van der Waals surface area contributed by atoms with Crippen molar-refractivity contribution in [2.45, 2.75) is 24.6 Å². The Kier molecular flexibility index (Phi) is 8.97. The highest BCUT2D eigenvalue weighted by atomic mass is 16.7. The van der Waals surface area contributed by atoms with E-state index in [9.17, 15) is 5.11 Å². The number of aliphatic hydroxyl groups is 1. The Labute approximate surface area is 124 Å². The highest BCUT2D eigenvalue weighted by Gasteiger charge is 2.47. The molecule has 1 radical (unpaired) electrons. The van der Waals surface area contributed by atoms with Crippen molar-refractivity contribution in [2.24, 2.45) is 0 Å². The maximum absolute atomic E-state index is 10.0. The number of methoxy groups -OCH3 is 3. The molecule has 123 valence electrons. The van der Waals surface area contributed by atoms with Crippen LogP contribution in [0.2, 0.25) is 0 Å². The predicted molar refractivity (Wildman–Crippen MR) is 70.8 cm³/mol. The van der Waals surface area contributed by atoms with Crippen LogP contribution >= 0.6 is 0 Å². The van der Waals surface area contributed by atoms with Crippen LogP contribution in [0.5, 0.6) is 0 Å². The third-order valence-electron chi connectivity index (χ3n) is 2.76. The van der Waals surface area contributed by atoms with Gasteiger partial charge in [-0.3, -0.25) is 0 Å². The Morgan fingerprint density at radius 2 is 1.52 bits per heavy atom. The van der Waals surface area contributed by atoms with Crippen molar-refractivity contribution in [3.63, 3.8) is 0 Å². The molecule has 1 N–H and O–H groups in total. The minimum Gasteiger partial charge on any atom is -0.366 e. The lowest BCUT2D eigenvalue weighted by atomic mass is 9.98. The molecule has 1 aliphatic rings. The van der Waals surface area contributed by atoms with Gasteiger partial charge in [0, 0.05) is 21.3 Å². The average molecular weight is 307 g/mol. The highest BCUT2D eigenvalue weighted by molar-refractivity contribution is 5.12. The summed E-state index contributed by atoms with van der Waals surface area (Å²) in [5.74, 6) is 0. The first-order valence-electron chi connectivity index (χ1n) is 6.35. The molecule has 0 aromatic heterocycles. The van der Waals surface area contributed by atoms with E-state index in [-0.39, 0.29) is 20.4 Å². The molecule has 1 aliphatic heterocycles. The fourth-order valence-corrected chi connectivity index (χ4v) is 1.91. The van der Waals surface area contributed by atoms with Crippen LogP contribution in [-0.2, 0) is 33.2 Å². The van der Waals surface area contributed by atoms with E-state index in [2.05, 4.69) is 6.58 Å². The molecular weight excluding hydrogens is 284 g/mol. The van der Waals surface area contributed by atoms with E-state index in [4.69, 9.17) is 33.2 Å². The summed E-state index contributed by atoms with van der Waals surface area (Å²) in [6.07, 6.45) is -1.60. The zero-order chi connectivity index (χ0) is 15.7. The van der Waals surface area contributed by atoms with Gasteiger partial charge >= 0.3 is 0 Å². The summed E-state index contributed by atoms with van der Waals surface area (Å²) >= 11 is 0. The van der Waals surface area contributed by atoms with Crippen molar-refractivity contribution < 1.29 is 38.3 Å². The van der Waals surface area contributed by atoms with Crippen LogP contribution in [0.25, 0.3) is 0 Å². The largest absolute Gasteiger partial charge is 0.366 e. The quantitative estimate of drug-likeness (QED) is 0.566. The van der Waals surface area contributed by atoms with E-state index in [1.54, 1.807) is 0 Å². The van der Waals surface area contributed by atoms with Gasteiger partial charge in [-0.1, -0.05) is 6.08 Å². The zero-order valence-electron chi connectivity index (χ0n) is 12.5. The first-order chi connectivity index (χ1) is 10.2. The maximum Gasteiger partial charge on any atom is 0.185 e. The number of hydrogen-bond acceptors (Lipinski definition) is 8. The van der Waals surface area contributed by atoms with Gasteiger partial charge in [0.05, 0.1) is 0 Å². The van der Waals surface area contributed by atoms with Crippen LogP contribution in [-0.4, -0.2) is 71.4 Å². The van der Waals surface area contributed by atoms with Gasteiger partial charge in [0.15, 0.2) is 12.4 Å². The fraction of sp³-hybridized carbons (Fsp3) is 0.769. The molecular formula is C13H23O8. The van der Waals surface area contributed by atoms with Crippen molar-refractivity contribution in [2.75, 3.05) is 41.7 Å². The lowest BCUT2D eigenvalue weighted by molar-refractivity contribution is -0.299. The molecule has 1 rings (SSSR count). The molecule has 1 unspecified atom stereocenters. The van der Waals surface area contributed by atoms with Crippen LogP contribution < -0.4 is 0 Å². The summed E-state index contributed by atoms with van der Waals surface area (Å²) < 4.78 is 36.5. The molecule has 4 atom stereocenters. The van der Waals surface area contributed by atoms with E-state index >= 15 is 0 Å². The smallest absolute Gasteiger partial charge is 0.185 e. The minimum atomic E-state index is -1.24. The Morgan fingerprint density at radius 1 is 1.00 bits per heavy atom. The highest BCUT2D eigenvalue weighted by Crippen LogP contribution is 2.31. The van der Waals surface area contributed by atoms with Crippen molar-refractivity contribution in [1.29, 1.82) is 0 Å². The van der Waals surface area contributed by atoms with Crippen molar-refractivity contribution >= 4 is 0 Å². The van der Waals surface area contributed by atoms with Crippen molar-refractivity contribution in [3.8, 4) is 0 Å². The molecule has 1 fully saturated rings. The molecule has 0 aromatic carbocycles. The molecule has 21 heavy (non-hydrogen) atoms. The standard InChI is InChI=1S/C13H23O8/c1-5-9-10(18-6-15-2)11(19-7-16-3)12(13(14)21-9)20-8-17-4/h5,10-14H,1,6-8H2,2-4H3/t10-,11-,12+,13?/m1/s1. The molecule has 0 aliphatic carbocycles. The van der Waals surface area contributed by atoms with Gasteiger partial charge in [0.25, 0.3) is 0 Å². The average Bonchev–Trinajstić information content (AvgIpc) is 2.50. The molecule has 0 bridgehead atoms. The summed E-state index contributed by atoms with van der Waals surface area (Å²) in [6, 6.07) is 0. The van der Waals surface area contributed by atoms with Gasteiger partial charge in [-0.15, -0.1) is 6.58 Å².